The Labute approximate surface area is 148 Å². The number of rotatable bonds is 3. The van der Waals surface area contributed by atoms with Gasteiger partial charge in [-0.3, -0.25) is 14.6 Å². The smallest absolute Gasteiger partial charge is 0.251 e. The topological polar surface area (TPSA) is 84.0 Å². The zero-order valence-electron chi connectivity index (χ0n) is 13.4. The highest BCUT2D eigenvalue weighted by Gasteiger charge is 2.33. The summed E-state index contributed by atoms with van der Waals surface area (Å²) in [4.78, 5) is 19.6. The van der Waals surface area contributed by atoms with Crippen LogP contribution < -0.4 is 4.90 Å². The number of nitrogens with zero attached hydrogens (tertiary/aromatic N) is 5. The Balaban J connectivity index is 1.88. The van der Waals surface area contributed by atoms with Gasteiger partial charge in [-0.25, -0.2) is 4.98 Å². The quantitative estimate of drug-likeness (QED) is 0.791. The number of aromatic nitrogens is 1. The number of carbonyl (C=O) groups excluding carboxylic acids is 1. The number of halogens is 1. The van der Waals surface area contributed by atoms with Crippen LogP contribution >= 0.6 is 11.3 Å². The largest absolute Gasteiger partial charge is 0.298 e. The van der Waals surface area contributed by atoms with Crippen LogP contribution in [0, 0.1) is 27.9 Å². The minimum absolute atomic E-state index is 0.111. The molecular weight excluding hydrogens is 341 g/mol. The number of amides is 1. The van der Waals surface area contributed by atoms with Gasteiger partial charge in [-0.05, 0) is 25.0 Å². The van der Waals surface area contributed by atoms with Gasteiger partial charge in [0, 0.05) is 19.2 Å². The lowest BCUT2D eigenvalue weighted by Crippen LogP contribution is -2.42. The molecule has 1 aliphatic heterocycles. The minimum atomic E-state index is -0.521. The van der Waals surface area contributed by atoms with E-state index in [1.54, 1.807) is 24.3 Å². The van der Waals surface area contributed by atoms with E-state index in [4.69, 9.17) is 10.5 Å². The van der Waals surface area contributed by atoms with Crippen LogP contribution in [0.2, 0.25) is 0 Å². The van der Waals surface area contributed by atoms with Gasteiger partial charge in [0.1, 0.15) is 11.7 Å². The Kier molecular flexibility index (Phi) is 4.64. The fourth-order valence-corrected chi connectivity index (χ4v) is 3.59. The number of nitriles is 2. The molecule has 0 saturated carbocycles. The van der Waals surface area contributed by atoms with Gasteiger partial charge in [0.15, 0.2) is 11.3 Å². The number of likely N-dealkylation sites (N-methyl/N-ethyl adjacent to an activating group) is 1. The number of anilines is 1. The Morgan fingerprint density at radius 2 is 2.28 bits per heavy atom. The van der Waals surface area contributed by atoms with Crippen molar-refractivity contribution in [2.75, 3.05) is 18.5 Å². The van der Waals surface area contributed by atoms with Gasteiger partial charge in [-0.15, -0.1) is 0 Å². The van der Waals surface area contributed by atoms with Crippen molar-refractivity contribution >= 4 is 22.4 Å². The second-order valence-corrected chi connectivity index (χ2v) is 6.59. The molecule has 1 saturated heterocycles. The van der Waals surface area contributed by atoms with Crippen LogP contribution in [-0.4, -0.2) is 35.4 Å². The van der Waals surface area contributed by atoms with Crippen LogP contribution in [-0.2, 0) is 4.79 Å². The fraction of sp³-hybridized carbons (Fsp3) is 0.294. The molecule has 0 radical (unpaired) electrons. The van der Waals surface area contributed by atoms with Gasteiger partial charge >= 0.3 is 0 Å². The molecular formula is C17H14FN5OS. The summed E-state index contributed by atoms with van der Waals surface area (Å²) in [6.07, 6.45) is 3.39. The predicted molar refractivity (Wildman–Crippen MR) is 91.0 cm³/mol. The first kappa shape index (κ1) is 16.9. The molecule has 1 amide bonds. The van der Waals surface area contributed by atoms with E-state index in [-0.39, 0.29) is 16.7 Å². The highest BCUT2D eigenvalue weighted by atomic mass is 32.1. The molecule has 3 rings (SSSR count). The van der Waals surface area contributed by atoms with Crippen LogP contribution in [0.3, 0.4) is 0 Å². The minimum Gasteiger partial charge on any atom is -0.298 e. The first-order chi connectivity index (χ1) is 12.0. The fourth-order valence-electron chi connectivity index (χ4n) is 2.81. The number of hydrogen-bond acceptors (Lipinski definition) is 6. The standard InChI is InChI=1S/C17H14FN5OS/c1-22(16(24)13-6-3-7-23(13)10-20)17-21-14(15(18)25-17)12-5-2-4-11(8-12)9-19/h2,4-5,8,13H,3,6-7H2,1H3. The van der Waals surface area contributed by atoms with Crippen molar-refractivity contribution in [1.29, 1.82) is 10.5 Å². The van der Waals surface area contributed by atoms with Crippen molar-refractivity contribution < 1.29 is 9.18 Å². The predicted octanol–water partition coefficient (Wildman–Crippen LogP) is 2.73. The molecule has 0 N–H and O–H groups in total. The van der Waals surface area contributed by atoms with Crippen molar-refractivity contribution in [1.82, 2.24) is 9.88 Å². The van der Waals surface area contributed by atoms with E-state index in [1.807, 2.05) is 12.3 Å². The normalized spacial score (nSPS) is 16.3. The van der Waals surface area contributed by atoms with Crippen molar-refractivity contribution in [2.45, 2.75) is 18.9 Å². The van der Waals surface area contributed by atoms with E-state index in [1.165, 1.54) is 16.8 Å². The molecule has 2 aromatic rings. The second kappa shape index (κ2) is 6.88. The van der Waals surface area contributed by atoms with Gasteiger partial charge < -0.3 is 0 Å². The monoisotopic (exact) mass is 355 g/mol. The molecule has 25 heavy (non-hydrogen) atoms. The molecule has 1 unspecified atom stereocenters. The van der Waals surface area contributed by atoms with E-state index >= 15 is 0 Å². The second-order valence-electron chi connectivity index (χ2n) is 5.66. The molecule has 1 atom stereocenters. The number of benzene rings is 1. The number of thiazole rings is 1. The molecule has 0 aliphatic carbocycles. The van der Waals surface area contributed by atoms with Crippen molar-refractivity contribution in [2.24, 2.45) is 0 Å². The summed E-state index contributed by atoms with van der Waals surface area (Å²) in [6, 6.07) is 7.99. The van der Waals surface area contributed by atoms with Crippen LogP contribution in [0.25, 0.3) is 11.3 Å². The van der Waals surface area contributed by atoms with Crippen LogP contribution in [0.1, 0.15) is 18.4 Å². The lowest BCUT2D eigenvalue weighted by Gasteiger charge is -2.22. The molecule has 2 heterocycles. The Morgan fingerprint density at radius 3 is 3.00 bits per heavy atom. The van der Waals surface area contributed by atoms with Crippen molar-refractivity contribution in [3.05, 3.63) is 35.0 Å². The molecule has 1 fully saturated rings. The average molecular weight is 355 g/mol. The van der Waals surface area contributed by atoms with E-state index in [0.717, 1.165) is 17.8 Å². The molecule has 1 aromatic heterocycles. The summed E-state index contributed by atoms with van der Waals surface area (Å²) in [5, 5.41) is 17.8. The molecule has 126 valence electrons. The molecule has 1 aliphatic rings. The number of hydrogen-bond donors (Lipinski definition) is 0. The first-order valence-corrected chi connectivity index (χ1v) is 8.47. The highest BCUT2D eigenvalue weighted by Crippen LogP contribution is 2.32. The summed E-state index contributed by atoms with van der Waals surface area (Å²) in [5.74, 6) is -0.273. The summed E-state index contributed by atoms with van der Waals surface area (Å²) < 4.78 is 14.3. The lowest BCUT2D eigenvalue weighted by molar-refractivity contribution is -0.121. The van der Waals surface area contributed by atoms with Gasteiger partial charge in [-0.2, -0.15) is 14.9 Å². The molecule has 6 nitrogen and oxygen atoms in total. The van der Waals surface area contributed by atoms with Gasteiger partial charge in [-0.1, -0.05) is 23.5 Å². The maximum atomic E-state index is 14.3. The third-order valence-electron chi connectivity index (χ3n) is 4.12. The zero-order valence-corrected chi connectivity index (χ0v) is 14.3. The van der Waals surface area contributed by atoms with Crippen molar-refractivity contribution in [3.63, 3.8) is 0 Å². The lowest BCUT2D eigenvalue weighted by atomic mass is 10.1. The van der Waals surface area contributed by atoms with Gasteiger partial charge in [0.2, 0.25) is 5.13 Å². The highest BCUT2D eigenvalue weighted by molar-refractivity contribution is 7.14. The molecule has 1 aromatic carbocycles. The third kappa shape index (κ3) is 3.17. The number of carbonyl (C=O) groups is 1. The van der Waals surface area contributed by atoms with Crippen molar-refractivity contribution in [3.8, 4) is 23.5 Å². The average Bonchev–Trinajstić information content (AvgIpc) is 3.26. The summed E-state index contributed by atoms with van der Waals surface area (Å²) in [6.45, 7) is 0.555. The van der Waals surface area contributed by atoms with Gasteiger partial charge in [0.05, 0.1) is 11.6 Å². The summed E-state index contributed by atoms with van der Waals surface area (Å²) in [7, 11) is 1.53. The maximum Gasteiger partial charge on any atom is 0.251 e. The van der Waals surface area contributed by atoms with Gasteiger partial charge in [0.25, 0.3) is 5.91 Å². The molecule has 0 spiro atoms. The summed E-state index contributed by atoms with van der Waals surface area (Å²) in [5.41, 5.74) is 1.01. The Hall–Kier alpha value is -2.97. The Morgan fingerprint density at radius 1 is 1.48 bits per heavy atom. The van der Waals surface area contributed by atoms with E-state index in [0.29, 0.717) is 24.1 Å². The number of likely N-dealkylation sites (tertiary alicyclic amines) is 1. The molecule has 8 heteroatoms. The van der Waals surface area contributed by atoms with E-state index in [9.17, 15) is 9.18 Å². The van der Waals surface area contributed by atoms with Crippen LogP contribution in [0.4, 0.5) is 9.52 Å². The van der Waals surface area contributed by atoms with Crippen LogP contribution in [0.15, 0.2) is 24.3 Å². The van der Waals surface area contributed by atoms with E-state index < -0.39 is 11.2 Å². The zero-order chi connectivity index (χ0) is 18.0. The maximum absolute atomic E-state index is 14.3. The third-order valence-corrected chi connectivity index (χ3v) is 5.04. The Bertz CT molecular complexity index is 897. The first-order valence-electron chi connectivity index (χ1n) is 7.66. The van der Waals surface area contributed by atoms with Crippen LogP contribution in [0.5, 0.6) is 0 Å². The summed E-state index contributed by atoms with van der Waals surface area (Å²) >= 11 is 0.770. The van der Waals surface area contributed by atoms with E-state index in [2.05, 4.69) is 4.98 Å². The SMILES string of the molecule is CN(C(=O)C1CCCN1C#N)c1nc(-c2cccc(C#N)c2)c(F)s1. The molecule has 0 bridgehead atoms.